The SMILES string of the molecule is CCP(CC)Oc1cc(N(C)C2CCCCC2)c2ccccc2c1O. The minimum Gasteiger partial charge on any atom is -0.504 e. The summed E-state index contributed by atoms with van der Waals surface area (Å²) in [7, 11) is 1.67. The first-order chi connectivity index (χ1) is 12.2. The highest BCUT2D eigenvalue weighted by atomic mass is 31.1. The van der Waals surface area contributed by atoms with Crippen molar-refractivity contribution in [2.24, 2.45) is 0 Å². The van der Waals surface area contributed by atoms with E-state index in [1.807, 2.05) is 18.2 Å². The van der Waals surface area contributed by atoms with Crippen molar-refractivity contribution in [1.29, 1.82) is 0 Å². The Bertz CT molecular complexity index is 708. The van der Waals surface area contributed by atoms with Crippen LogP contribution in [0.2, 0.25) is 0 Å². The van der Waals surface area contributed by atoms with Gasteiger partial charge >= 0.3 is 0 Å². The number of benzene rings is 2. The average molecular weight is 359 g/mol. The lowest BCUT2D eigenvalue weighted by molar-refractivity contribution is 0.427. The molecule has 0 radical (unpaired) electrons. The van der Waals surface area contributed by atoms with Crippen molar-refractivity contribution in [3.63, 3.8) is 0 Å². The third-order valence-electron chi connectivity index (χ3n) is 5.39. The van der Waals surface area contributed by atoms with Crippen molar-refractivity contribution in [2.75, 3.05) is 24.3 Å². The first kappa shape index (κ1) is 18.3. The molecule has 4 heteroatoms. The Morgan fingerprint density at radius 3 is 2.36 bits per heavy atom. The number of hydrogen-bond donors (Lipinski definition) is 1. The summed E-state index contributed by atoms with van der Waals surface area (Å²) >= 11 is 0. The molecule has 1 fully saturated rings. The second-order valence-corrected chi connectivity index (χ2v) is 9.31. The van der Waals surface area contributed by atoms with Gasteiger partial charge in [0.05, 0.1) is 8.15 Å². The summed E-state index contributed by atoms with van der Waals surface area (Å²) in [6.07, 6.45) is 8.48. The fraction of sp³-hybridized carbons (Fsp3) is 0.524. The third-order valence-corrected chi connectivity index (χ3v) is 7.26. The van der Waals surface area contributed by atoms with Gasteiger partial charge in [0, 0.05) is 47.9 Å². The van der Waals surface area contributed by atoms with Gasteiger partial charge in [-0.05, 0) is 12.8 Å². The van der Waals surface area contributed by atoms with Crippen molar-refractivity contribution in [3.8, 4) is 11.5 Å². The number of anilines is 1. The van der Waals surface area contributed by atoms with Crippen molar-refractivity contribution in [2.45, 2.75) is 52.0 Å². The Kier molecular flexibility index (Phi) is 6.06. The van der Waals surface area contributed by atoms with Gasteiger partial charge in [-0.2, -0.15) is 0 Å². The summed E-state index contributed by atoms with van der Waals surface area (Å²) in [6.45, 7) is 4.31. The molecule has 0 bridgehead atoms. The Balaban J connectivity index is 2.04. The number of rotatable bonds is 6. The van der Waals surface area contributed by atoms with E-state index in [2.05, 4.69) is 37.9 Å². The number of aromatic hydroxyl groups is 1. The van der Waals surface area contributed by atoms with Crippen LogP contribution >= 0.6 is 8.15 Å². The maximum Gasteiger partial charge on any atom is 0.167 e. The number of fused-ring (bicyclic) bond motifs is 1. The molecular formula is C21H30NO2P. The molecule has 1 aliphatic carbocycles. The molecule has 0 heterocycles. The normalized spacial score (nSPS) is 15.7. The summed E-state index contributed by atoms with van der Waals surface area (Å²) in [4.78, 5) is 2.41. The van der Waals surface area contributed by atoms with E-state index in [1.54, 1.807) is 0 Å². The number of nitrogens with zero attached hydrogens (tertiary/aromatic N) is 1. The van der Waals surface area contributed by atoms with Crippen molar-refractivity contribution < 1.29 is 9.63 Å². The van der Waals surface area contributed by atoms with Crippen LogP contribution in [0.4, 0.5) is 5.69 Å². The minimum absolute atomic E-state index is 0.283. The largest absolute Gasteiger partial charge is 0.504 e. The fourth-order valence-electron chi connectivity index (χ4n) is 3.83. The molecule has 25 heavy (non-hydrogen) atoms. The van der Waals surface area contributed by atoms with Crippen LogP contribution in [0.1, 0.15) is 46.0 Å². The topological polar surface area (TPSA) is 32.7 Å². The van der Waals surface area contributed by atoms with Gasteiger partial charge in [-0.1, -0.05) is 57.4 Å². The van der Waals surface area contributed by atoms with Gasteiger partial charge < -0.3 is 14.5 Å². The molecule has 1 saturated carbocycles. The molecule has 3 rings (SSSR count). The van der Waals surface area contributed by atoms with E-state index in [4.69, 9.17) is 4.52 Å². The van der Waals surface area contributed by atoms with E-state index in [0.29, 0.717) is 11.8 Å². The molecule has 136 valence electrons. The van der Waals surface area contributed by atoms with Crippen LogP contribution in [0.25, 0.3) is 10.8 Å². The molecule has 2 aromatic carbocycles. The summed E-state index contributed by atoms with van der Waals surface area (Å²) in [5.41, 5.74) is 1.18. The predicted octanol–water partition coefficient (Wildman–Crippen LogP) is 6.13. The van der Waals surface area contributed by atoms with E-state index in [9.17, 15) is 5.11 Å². The van der Waals surface area contributed by atoms with Crippen molar-refractivity contribution in [1.82, 2.24) is 0 Å². The zero-order valence-corrected chi connectivity index (χ0v) is 16.6. The lowest BCUT2D eigenvalue weighted by atomic mass is 9.93. The second-order valence-electron chi connectivity index (χ2n) is 6.90. The van der Waals surface area contributed by atoms with E-state index < -0.39 is 8.15 Å². The van der Waals surface area contributed by atoms with E-state index in [1.165, 1.54) is 37.8 Å². The van der Waals surface area contributed by atoms with Crippen LogP contribution in [0.5, 0.6) is 11.5 Å². The van der Waals surface area contributed by atoms with E-state index in [0.717, 1.165) is 23.1 Å². The standard InChI is InChI=1S/C21H30NO2P/c1-4-25(5-2)24-20-15-19(22(3)16-11-7-6-8-12-16)17-13-9-10-14-18(17)21(20)23/h9-10,13-16,23H,4-8,11-12H2,1-3H3. The maximum absolute atomic E-state index is 10.8. The van der Waals surface area contributed by atoms with Gasteiger partial charge in [0.2, 0.25) is 0 Å². The van der Waals surface area contributed by atoms with Crippen LogP contribution in [-0.4, -0.2) is 30.5 Å². The lowest BCUT2D eigenvalue weighted by Crippen LogP contribution is -2.33. The molecule has 0 saturated heterocycles. The summed E-state index contributed by atoms with van der Waals surface area (Å²) < 4.78 is 6.22. The number of phenolic OH excluding ortho intramolecular Hbond substituents is 1. The maximum atomic E-state index is 10.8. The first-order valence-corrected chi connectivity index (χ1v) is 11.2. The Morgan fingerprint density at radius 2 is 1.72 bits per heavy atom. The van der Waals surface area contributed by atoms with Crippen molar-refractivity contribution in [3.05, 3.63) is 30.3 Å². The predicted molar refractivity (Wildman–Crippen MR) is 110 cm³/mol. The van der Waals surface area contributed by atoms with E-state index in [-0.39, 0.29) is 5.75 Å². The Morgan fingerprint density at radius 1 is 1.08 bits per heavy atom. The number of hydrogen-bond acceptors (Lipinski definition) is 3. The van der Waals surface area contributed by atoms with E-state index >= 15 is 0 Å². The molecular weight excluding hydrogens is 329 g/mol. The molecule has 2 aromatic rings. The quantitative estimate of drug-likeness (QED) is 0.630. The smallest absolute Gasteiger partial charge is 0.167 e. The highest BCUT2D eigenvalue weighted by Gasteiger charge is 2.23. The van der Waals surface area contributed by atoms with Crippen LogP contribution in [-0.2, 0) is 0 Å². The van der Waals surface area contributed by atoms with Gasteiger partial charge in [-0.25, -0.2) is 0 Å². The highest BCUT2D eigenvalue weighted by molar-refractivity contribution is 7.52. The fourth-order valence-corrected chi connectivity index (χ4v) is 4.96. The van der Waals surface area contributed by atoms with Crippen molar-refractivity contribution >= 4 is 24.6 Å². The zero-order valence-electron chi connectivity index (χ0n) is 15.7. The van der Waals surface area contributed by atoms with Crippen LogP contribution in [0, 0.1) is 0 Å². The zero-order chi connectivity index (χ0) is 17.8. The monoisotopic (exact) mass is 359 g/mol. The van der Waals surface area contributed by atoms with Gasteiger partial charge in [-0.3, -0.25) is 0 Å². The molecule has 0 amide bonds. The first-order valence-electron chi connectivity index (χ1n) is 9.56. The van der Waals surface area contributed by atoms with Gasteiger partial charge in [0.25, 0.3) is 0 Å². The molecule has 1 aliphatic rings. The van der Waals surface area contributed by atoms with Crippen LogP contribution in [0.3, 0.4) is 0 Å². The number of phenols is 1. The highest BCUT2D eigenvalue weighted by Crippen LogP contribution is 2.47. The third kappa shape index (κ3) is 3.87. The molecule has 0 aromatic heterocycles. The van der Waals surface area contributed by atoms with Gasteiger partial charge in [0.1, 0.15) is 0 Å². The molecule has 0 atom stereocenters. The van der Waals surface area contributed by atoms with Crippen LogP contribution < -0.4 is 9.42 Å². The summed E-state index contributed by atoms with van der Waals surface area (Å²) in [6, 6.07) is 10.8. The van der Waals surface area contributed by atoms with Gasteiger partial charge in [-0.15, -0.1) is 0 Å². The van der Waals surface area contributed by atoms with Crippen LogP contribution in [0.15, 0.2) is 30.3 Å². The Hall–Kier alpha value is -1.47. The van der Waals surface area contributed by atoms with Gasteiger partial charge in [0.15, 0.2) is 11.5 Å². The second kappa shape index (κ2) is 8.27. The summed E-state index contributed by atoms with van der Waals surface area (Å²) in [5, 5.41) is 12.8. The average Bonchev–Trinajstić information content (AvgIpc) is 2.68. The lowest BCUT2D eigenvalue weighted by Gasteiger charge is -2.34. The Labute approximate surface area is 152 Å². The molecule has 0 aliphatic heterocycles. The molecule has 0 spiro atoms. The molecule has 1 N–H and O–H groups in total. The molecule has 0 unspecified atom stereocenters. The molecule has 3 nitrogen and oxygen atoms in total. The summed E-state index contributed by atoms with van der Waals surface area (Å²) in [5.74, 6) is 0.928. The minimum atomic E-state index is -0.529.